The van der Waals surface area contributed by atoms with Crippen LogP contribution in [0.15, 0.2) is 27.1 Å². The lowest BCUT2D eigenvalue weighted by Crippen LogP contribution is -2.40. The molecule has 1 aromatic carbocycles. The molecule has 1 N–H and O–H groups in total. The van der Waals surface area contributed by atoms with Crippen LogP contribution in [0.5, 0.6) is 0 Å². The van der Waals surface area contributed by atoms with E-state index in [1.54, 1.807) is 0 Å². The molecule has 1 aliphatic heterocycles. The number of nitrogens with one attached hydrogen (secondary N) is 1. The summed E-state index contributed by atoms with van der Waals surface area (Å²) in [6.07, 6.45) is 2.51. The summed E-state index contributed by atoms with van der Waals surface area (Å²) in [5.74, 6) is 0.311. The predicted octanol–water partition coefficient (Wildman–Crippen LogP) is 3.83. The highest BCUT2D eigenvalue weighted by Crippen LogP contribution is 2.35. The van der Waals surface area contributed by atoms with E-state index in [1.165, 1.54) is 0 Å². The van der Waals surface area contributed by atoms with Gasteiger partial charge in [-0.15, -0.1) is 0 Å². The van der Waals surface area contributed by atoms with Crippen molar-refractivity contribution >= 4 is 41.7 Å². The Hall–Kier alpha value is 0.0900. The molecular weight excluding hydrogens is 406 g/mol. The molecule has 112 valence electrons. The van der Waals surface area contributed by atoms with Crippen molar-refractivity contribution in [1.29, 1.82) is 0 Å². The zero-order valence-electron chi connectivity index (χ0n) is 11.4. The number of halogens is 2. The monoisotopic (exact) mass is 423 g/mol. The van der Waals surface area contributed by atoms with Crippen LogP contribution < -0.4 is 5.32 Å². The molecule has 0 bridgehead atoms. The van der Waals surface area contributed by atoms with Crippen LogP contribution >= 0.6 is 31.9 Å². The number of rotatable bonds is 4. The molecule has 0 radical (unpaired) electrons. The highest BCUT2D eigenvalue weighted by molar-refractivity contribution is 9.11. The van der Waals surface area contributed by atoms with Gasteiger partial charge in [-0.3, -0.25) is 0 Å². The van der Waals surface area contributed by atoms with Gasteiger partial charge in [0.15, 0.2) is 9.84 Å². The Labute approximate surface area is 137 Å². The molecule has 0 aromatic heterocycles. The first kappa shape index (κ1) is 16.5. The minimum absolute atomic E-state index is 0.155. The molecule has 1 aliphatic rings. The SMILES string of the molecule is CCNC(c1cc(Br)ccc1Br)C1CCCCS1(=O)=O. The molecule has 20 heavy (non-hydrogen) atoms. The Morgan fingerprint density at radius 1 is 1.35 bits per heavy atom. The predicted molar refractivity (Wildman–Crippen MR) is 89.7 cm³/mol. The van der Waals surface area contributed by atoms with E-state index in [-0.39, 0.29) is 11.3 Å². The second kappa shape index (κ2) is 6.90. The topological polar surface area (TPSA) is 46.2 Å². The molecule has 2 unspecified atom stereocenters. The Bertz CT molecular complexity index is 575. The van der Waals surface area contributed by atoms with Crippen LogP contribution in [-0.2, 0) is 9.84 Å². The first-order chi connectivity index (χ1) is 9.45. The van der Waals surface area contributed by atoms with Crippen molar-refractivity contribution in [2.45, 2.75) is 37.5 Å². The maximum atomic E-state index is 12.4. The van der Waals surface area contributed by atoms with Crippen LogP contribution in [0.4, 0.5) is 0 Å². The number of hydrogen-bond donors (Lipinski definition) is 1. The summed E-state index contributed by atoms with van der Waals surface area (Å²) in [7, 11) is -3.02. The molecule has 2 atom stereocenters. The second-order valence-corrected chi connectivity index (χ2v) is 9.21. The van der Waals surface area contributed by atoms with Gasteiger partial charge in [0.2, 0.25) is 0 Å². The van der Waals surface area contributed by atoms with Crippen molar-refractivity contribution in [2.24, 2.45) is 0 Å². The van der Waals surface area contributed by atoms with Gasteiger partial charge < -0.3 is 5.32 Å². The van der Waals surface area contributed by atoms with E-state index in [0.29, 0.717) is 5.75 Å². The Morgan fingerprint density at radius 3 is 2.75 bits per heavy atom. The smallest absolute Gasteiger partial charge is 0.155 e. The van der Waals surface area contributed by atoms with Crippen molar-refractivity contribution in [3.63, 3.8) is 0 Å². The van der Waals surface area contributed by atoms with Crippen molar-refractivity contribution in [1.82, 2.24) is 5.32 Å². The average Bonchev–Trinajstić information content (AvgIpc) is 2.39. The fourth-order valence-corrected chi connectivity index (χ4v) is 5.73. The summed E-state index contributed by atoms with van der Waals surface area (Å²) in [4.78, 5) is 0. The van der Waals surface area contributed by atoms with Crippen molar-refractivity contribution in [2.75, 3.05) is 12.3 Å². The van der Waals surface area contributed by atoms with E-state index in [4.69, 9.17) is 0 Å². The maximum Gasteiger partial charge on any atom is 0.155 e. The van der Waals surface area contributed by atoms with Crippen molar-refractivity contribution < 1.29 is 8.42 Å². The third-order valence-electron chi connectivity index (χ3n) is 3.72. The van der Waals surface area contributed by atoms with Gasteiger partial charge in [-0.1, -0.05) is 45.2 Å². The van der Waals surface area contributed by atoms with Gasteiger partial charge in [-0.25, -0.2) is 8.42 Å². The van der Waals surface area contributed by atoms with Crippen LogP contribution in [0, 0.1) is 0 Å². The first-order valence-corrected chi connectivity index (χ1v) is 10.2. The minimum Gasteiger partial charge on any atom is -0.309 e. The molecule has 0 amide bonds. The Balaban J connectivity index is 2.42. The molecule has 1 saturated heterocycles. The van der Waals surface area contributed by atoms with Gasteiger partial charge in [0, 0.05) is 8.95 Å². The summed E-state index contributed by atoms with van der Waals surface area (Å²) in [5, 5.41) is 3.03. The van der Waals surface area contributed by atoms with Crippen molar-refractivity contribution in [3.8, 4) is 0 Å². The quantitative estimate of drug-likeness (QED) is 0.798. The molecule has 1 fully saturated rings. The van der Waals surface area contributed by atoms with Gasteiger partial charge in [-0.05, 0) is 43.1 Å². The lowest BCUT2D eigenvalue weighted by molar-refractivity contribution is 0.453. The van der Waals surface area contributed by atoms with Crippen LogP contribution in [0.1, 0.15) is 37.8 Å². The molecule has 6 heteroatoms. The molecule has 0 saturated carbocycles. The Morgan fingerprint density at radius 2 is 2.10 bits per heavy atom. The zero-order valence-corrected chi connectivity index (χ0v) is 15.4. The Kier molecular flexibility index (Phi) is 5.68. The normalized spacial score (nSPS) is 23.4. The minimum atomic E-state index is -3.02. The summed E-state index contributed by atoms with van der Waals surface area (Å²) in [5.41, 5.74) is 1.01. The molecule has 2 rings (SSSR count). The fourth-order valence-electron chi connectivity index (χ4n) is 2.77. The number of hydrogen-bond acceptors (Lipinski definition) is 3. The third kappa shape index (κ3) is 3.64. The standard InChI is InChI=1S/C14H19Br2NO2S/c1-2-17-14(11-9-10(15)6-7-12(11)16)13-5-3-4-8-20(13,18)19/h6-7,9,13-14,17H,2-5,8H2,1H3. The van der Waals surface area contributed by atoms with Gasteiger partial charge in [0.1, 0.15) is 0 Å². The summed E-state index contributed by atoms with van der Waals surface area (Å²) < 4.78 is 26.7. The van der Waals surface area contributed by atoms with Crippen molar-refractivity contribution in [3.05, 3.63) is 32.7 Å². The van der Waals surface area contributed by atoms with E-state index < -0.39 is 9.84 Å². The zero-order chi connectivity index (χ0) is 14.8. The van der Waals surface area contributed by atoms with Gasteiger partial charge >= 0.3 is 0 Å². The van der Waals surface area contributed by atoms with Crippen LogP contribution in [-0.4, -0.2) is 26.0 Å². The lowest BCUT2D eigenvalue weighted by Gasteiger charge is -2.31. The number of benzene rings is 1. The van der Waals surface area contributed by atoms with E-state index in [2.05, 4.69) is 37.2 Å². The highest BCUT2D eigenvalue weighted by atomic mass is 79.9. The first-order valence-electron chi connectivity index (χ1n) is 6.85. The summed E-state index contributed by atoms with van der Waals surface area (Å²) in [6, 6.07) is 5.75. The third-order valence-corrected chi connectivity index (χ3v) is 7.22. The van der Waals surface area contributed by atoms with Crippen LogP contribution in [0.3, 0.4) is 0 Å². The lowest BCUT2D eigenvalue weighted by atomic mass is 9.99. The summed E-state index contributed by atoms with van der Waals surface area (Å²) >= 11 is 7.02. The molecule has 1 aromatic rings. The average molecular weight is 425 g/mol. The molecule has 0 spiro atoms. The fraction of sp³-hybridized carbons (Fsp3) is 0.571. The van der Waals surface area contributed by atoms with E-state index in [0.717, 1.165) is 40.3 Å². The molecule has 3 nitrogen and oxygen atoms in total. The maximum absolute atomic E-state index is 12.4. The van der Waals surface area contributed by atoms with E-state index >= 15 is 0 Å². The van der Waals surface area contributed by atoms with Gasteiger partial charge in [-0.2, -0.15) is 0 Å². The largest absolute Gasteiger partial charge is 0.309 e. The molecule has 0 aliphatic carbocycles. The summed E-state index contributed by atoms with van der Waals surface area (Å²) in [6.45, 7) is 2.75. The van der Waals surface area contributed by atoms with Gasteiger partial charge in [0.25, 0.3) is 0 Å². The second-order valence-electron chi connectivity index (χ2n) is 5.10. The van der Waals surface area contributed by atoms with Gasteiger partial charge in [0.05, 0.1) is 17.0 Å². The van der Waals surface area contributed by atoms with E-state index in [9.17, 15) is 8.42 Å². The van der Waals surface area contributed by atoms with Crippen LogP contribution in [0.25, 0.3) is 0 Å². The van der Waals surface area contributed by atoms with Crippen LogP contribution in [0.2, 0.25) is 0 Å². The molecular formula is C14H19Br2NO2S. The van der Waals surface area contributed by atoms with E-state index in [1.807, 2.05) is 25.1 Å². The highest BCUT2D eigenvalue weighted by Gasteiger charge is 2.36. The number of sulfone groups is 1. The molecule has 1 heterocycles.